The lowest BCUT2D eigenvalue weighted by atomic mass is 9.46. The van der Waals surface area contributed by atoms with Crippen molar-refractivity contribution >= 4 is 23.9 Å². The maximum absolute atomic E-state index is 11.9. The zero-order valence-corrected chi connectivity index (χ0v) is 11.8. The second kappa shape index (κ2) is 5.26. The topological polar surface area (TPSA) is 149 Å². The lowest BCUT2D eigenvalue weighted by Gasteiger charge is -2.52. The Balaban J connectivity index is 2.77. The van der Waals surface area contributed by atoms with Gasteiger partial charge in [-0.1, -0.05) is 19.3 Å². The Hall–Kier alpha value is -2.12. The molecule has 0 heterocycles. The van der Waals surface area contributed by atoms with E-state index in [4.69, 9.17) is 0 Å². The lowest BCUT2D eigenvalue weighted by Crippen LogP contribution is -2.68. The Bertz CT molecular complexity index is 509. The normalized spacial score (nSPS) is 29.1. The van der Waals surface area contributed by atoms with Gasteiger partial charge >= 0.3 is 23.9 Å². The highest BCUT2D eigenvalue weighted by Crippen LogP contribution is 2.60. The summed E-state index contributed by atoms with van der Waals surface area (Å²) in [5.74, 6) is -8.80. The lowest BCUT2D eigenvalue weighted by molar-refractivity contribution is -0.212. The molecule has 0 bridgehead atoms. The minimum Gasteiger partial charge on any atom is -0.480 e. The van der Waals surface area contributed by atoms with Crippen LogP contribution >= 0.6 is 0 Å². The number of hydrogen-bond acceptors (Lipinski definition) is 4. The standard InChI is InChI=1S/C14H18O8/c15-9(16)13(10(17)18)6-5-7-3-1-2-4-8(7)14(13,11(19)20)12(21)22/h7-8H,1-6H2,(H,15,16)(H,17,18)(H,19,20)(H,21,22). The van der Waals surface area contributed by atoms with Crippen molar-refractivity contribution in [3.05, 3.63) is 0 Å². The number of aliphatic carboxylic acids is 4. The van der Waals surface area contributed by atoms with Crippen molar-refractivity contribution in [2.45, 2.75) is 38.5 Å². The quantitative estimate of drug-likeness (QED) is 0.559. The third kappa shape index (κ3) is 1.75. The van der Waals surface area contributed by atoms with Gasteiger partial charge in [-0.15, -0.1) is 0 Å². The van der Waals surface area contributed by atoms with E-state index in [2.05, 4.69) is 0 Å². The van der Waals surface area contributed by atoms with Crippen LogP contribution in [-0.4, -0.2) is 44.3 Å². The van der Waals surface area contributed by atoms with Crippen molar-refractivity contribution < 1.29 is 39.6 Å². The van der Waals surface area contributed by atoms with Crippen LogP contribution in [0.3, 0.4) is 0 Å². The molecule has 8 nitrogen and oxygen atoms in total. The van der Waals surface area contributed by atoms with Gasteiger partial charge in [0, 0.05) is 0 Å². The van der Waals surface area contributed by atoms with Gasteiger partial charge in [-0.2, -0.15) is 0 Å². The number of carboxylic acids is 4. The first-order valence-electron chi connectivity index (χ1n) is 7.16. The molecule has 2 atom stereocenters. The van der Waals surface area contributed by atoms with Crippen molar-refractivity contribution in [2.75, 3.05) is 0 Å². The van der Waals surface area contributed by atoms with Gasteiger partial charge < -0.3 is 20.4 Å². The van der Waals surface area contributed by atoms with Crippen LogP contribution in [0.15, 0.2) is 0 Å². The molecule has 0 radical (unpaired) electrons. The number of rotatable bonds is 4. The summed E-state index contributed by atoms with van der Waals surface area (Å²) < 4.78 is 0. The van der Waals surface area contributed by atoms with Crippen molar-refractivity contribution in [3.63, 3.8) is 0 Å². The molecule has 0 aromatic carbocycles. The maximum Gasteiger partial charge on any atom is 0.323 e. The van der Waals surface area contributed by atoms with E-state index in [9.17, 15) is 39.6 Å². The summed E-state index contributed by atoms with van der Waals surface area (Å²) in [6.45, 7) is 0. The van der Waals surface area contributed by atoms with Gasteiger partial charge in [0.1, 0.15) is 0 Å². The second-order valence-corrected chi connectivity index (χ2v) is 6.12. The highest BCUT2D eigenvalue weighted by atomic mass is 16.4. The van der Waals surface area contributed by atoms with E-state index in [1.54, 1.807) is 0 Å². The number of carbonyl (C=O) groups is 4. The summed E-state index contributed by atoms with van der Waals surface area (Å²) in [6.07, 6.45) is 1.92. The summed E-state index contributed by atoms with van der Waals surface area (Å²) in [4.78, 5) is 47.2. The fourth-order valence-corrected chi connectivity index (χ4v) is 4.46. The van der Waals surface area contributed by atoms with E-state index in [1.807, 2.05) is 0 Å². The molecule has 0 saturated heterocycles. The Morgan fingerprint density at radius 3 is 1.68 bits per heavy atom. The van der Waals surface area contributed by atoms with Gasteiger partial charge in [0.05, 0.1) is 0 Å². The summed E-state index contributed by atoms with van der Waals surface area (Å²) >= 11 is 0. The van der Waals surface area contributed by atoms with E-state index in [-0.39, 0.29) is 18.8 Å². The fourth-order valence-electron chi connectivity index (χ4n) is 4.46. The Morgan fingerprint density at radius 1 is 0.727 bits per heavy atom. The van der Waals surface area contributed by atoms with Crippen LogP contribution in [-0.2, 0) is 19.2 Å². The van der Waals surface area contributed by atoms with Crippen LogP contribution in [0.4, 0.5) is 0 Å². The van der Waals surface area contributed by atoms with Crippen LogP contribution in [0.2, 0.25) is 0 Å². The first-order chi connectivity index (χ1) is 10.2. The average molecular weight is 314 g/mol. The monoisotopic (exact) mass is 314 g/mol. The minimum absolute atomic E-state index is 0.214. The Labute approximate surface area is 125 Å². The molecule has 2 saturated carbocycles. The zero-order chi connectivity index (χ0) is 16.7. The van der Waals surface area contributed by atoms with Gasteiger partial charge in [-0.25, -0.2) is 0 Å². The molecular formula is C14H18O8. The summed E-state index contributed by atoms with van der Waals surface area (Å²) in [7, 11) is 0. The molecule has 122 valence electrons. The first-order valence-corrected chi connectivity index (χ1v) is 7.16. The largest absolute Gasteiger partial charge is 0.480 e. The maximum atomic E-state index is 11.9. The van der Waals surface area contributed by atoms with Gasteiger partial charge in [-0.05, 0) is 31.1 Å². The van der Waals surface area contributed by atoms with E-state index >= 15 is 0 Å². The predicted molar refractivity (Wildman–Crippen MR) is 70.1 cm³/mol. The van der Waals surface area contributed by atoms with E-state index in [0.29, 0.717) is 12.8 Å². The van der Waals surface area contributed by atoms with Crippen molar-refractivity contribution in [1.29, 1.82) is 0 Å². The summed E-state index contributed by atoms with van der Waals surface area (Å²) in [6, 6.07) is 0. The molecule has 0 amide bonds. The predicted octanol–water partition coefficient (Wildman–Crippen LogP) is 0.898. The number of hydrogen-bond donors (Lipinski definition) is 4. The highest BCUT2D eigenvalue weighted by Gasteiger charge is 2.76. The molecule has 2 aliphatic rings. The molecule has 0 spiro atoms. The first kappa shape index (κ1) is 16.3. The van der Waals surface area contributed by atoms with Crippen LogP contribution in [0, 0.1) is 22.7 Å². The van der Waals surface area contributed by atoms with Crippen molar-refractivity contribution in [1.82, 2.24) is 0 Å². The second-order valence-electron chi connectivity index (χ2n) is 6.12. The van der Waals surface area contributed by atoms with Crippen LogP contribution in [0.25, 0.3) is 0 Å². The molecule has 0 aromatic rings. The molecule has 2 unspecified atom stereocenters. The molecule has 2 rings (SSSR count). The molecule has 0 aromatic heterocycles. The summed E-state index contributed by atoms with van der Waals surface area (Å²) in [5, 5.41) is 38.2. The molecular weight excluding hydrogens is 296 g/mol. The Kier molecular flexibility index (Phi) is 3.88. The Morgan fingerprint density at radius 2 is 1.23 bits per heavy atom. The molecule has 22 heavy (non-hydrogen) atoms. The van der Waals surface area contributed by atoms with Crippen LogP contribution in [0.1, 0.15) is 38.5 Å². The van der Waals surface area contributed by atoms with Gasteiger partial charge in [-0.3, -0.25) is 19.2 Å². The molecule has 2 aliphatic carbocycles. The third-order valence-corrected chi connectivity index (χ3v) is 5.43. The smallest absolute Gasteiger partial charge is 0.323 e. The summed E-state index contributed by atoms with van der Waals surface area (Å²) in [5.41, 5.74) is -5.68. The van der Waals surface area contributed by atoms with Gasteiger partial charge in [0.2, 0.25) is 0 Å². The number of fused-ring (bicyclic) bond motifs is 1. The molecule has 4 N–H and O–H groups in total. The van der Waals surface area contributed by atoms with Gasteiger partial charge in [0.15, 0.2) is 10.8 Å². The van der Waals surface area contributed by atoms with E-state index < -0.39 is 47.0 Å². The van der Waals surface area contributed by atoms with Crippen molar-refractivity contribution in [2.24, 2.45) is 22.7 Å². The highest BCUT2D eigenvalue weighted by molar-refractivity contribution is 6.13. The van der Waals surface area contributed by atoms with E-state index in [0.717, 1.165) is 6.42 Å². The third-order valence-electron chi connectivity index (χ3n) is 5.43. The van der Waals surface area contributed by atoms with Crippen molar-refractivity contribution in [3.8, 4) is 0 Å². The van der Waals surface area contributed by atoms with Crippen LogP contribution in [0.5, 0.6) is 0 Å². The molecule has 8 heteroatoms. The van der Waals surface area contributed by atoms with Crippen LogP contribution < -0.4 is 0 Å². The van der Waals surface area contributed by atoms with Gasteiger partial charge in [0.25, 0.3) is 0 Å². The average Bonchev–Trinajstić information content (AvgIpc) is 2.44. The SMILES string of the molecule is O=C(O)C1(C(=O)O)CCC2CCCCC2C1(C(=O)O)C(=O)O. The molecule has 2 fully saturated rings. The minimum atomic E-state index is -2.84. The number of carboxylic acid groups (broad SMARTS) is 4. The zero-order valence-electron chi connectivity index (χ0n) is 11.8. The fraction of sp³-hybridized carbons (Fsp3) is 0.714. The van der Waals surface area contributed by atoms with E-state index in [1.165, 1.54) is 0 Å². The molecule has 0 aliphatic heterocycles.